The Morgan fingerprint density at radius 1 is 1.23 bits per heavy atom. The topological polar surface area (TPSA) is 99.5 Å². The standard InChI is InChI=1S/C19H16N6O/c20-11-14(19-22-24-25-23-19)12-21-15-6-8-16(9-7-15)26-18-10-5-13-3-1-2-4-17(13)18/h1-4,6-9,12,18,21H,5,10H2,(H,22,23,24,25). The van der Waals surface area contributed by atoms with Crippen molar-refractivity contribution in [1.82, 2.24) is 20.6 Å². The molecule has 0 bridgehead atoms. The number of aromatic nitrogens is 4. The lowest BCUT2D eigenvalue weighted by molar-refractivity contribution is 0.207. The summed E-state index contributed by atoms with van der Waals surface area (Å²) in [5.41, 5.74) is 3.77. The van der Waals surface area contributed by atoms with Crippen LogP contribution in [0.2, 0.25) is 0 Å². The van der Waals surface area contributed by atoms with Gasteiger partial charge in [-0.25, -0.2) is 0 Å². The number of tetrazole rings is 1. The Labute approximate surface area is 150 Å². The molecule has 1 aliphatic carbocycles. The molecule has 0 fully saturated rings. The van der Waals surface area contributed by atoms with Crippen molar-refractivity contribution in [2.45, 2.75) is 18.9 Å². The maximum absolute atomic E-state index is 9.16. The van der Waals surface area contributed by atoms with E-state index >= 15 is 0 Å². The van der Waals surface area contributed by atoms with Crippen LogP contribution in [0.3, 0.4) is 0 Å². The van der Waals surface area contributed by atoms with Gasteiger partial charge in [0, 0.05) is 11.9 Å². The van der Waals surface area contributed by atoms with Gasteiger partial charge < -0.3 is 10.1 Å². The van der Waals surface area contributed by atoms with Crippen molar-refractivity contribution < 1.29 is 4.74 Å². The lowest BCUT2D eigenvalue weighted by Crippen LogP contribution is -2.03. The number of aryl methyl sites for hydroxylation is 1. The largest absolute Gasteiger partial charge is 0.486 e. The Kier molecular flexibility index (Phi) is 4.31. The molecule has 26 heavy (non-hydrogen) atoms. The first-order valence-electron chi connectivity index (χ1n) is 8.28. The number of H-pyrrole nitrogens is 1. The molecular weight excluding hydrogens is 328 g/mol. The van der Waals surface area contributed by atoms with E-state index in [0.29, 0.717) is 5.57 Å². The van der Waals surface area contributed by atoms with Gasteiger partial charge in [0.2, 0.25) is 5.82 Å². The van der Waals surface area contributed by atoms with E-state index in [0.717, 1.165) is 24.3 Å². The van der Waals surface area contributed by atoms with E-state index in [-0.39, 0.29) is 11.9 Å². The molecule has 7 nitrogen and oxygen atoms in total. The number of rotatable bonds is 5. The zero-order valence-corrected chi connectivity index (χ0v) is 13.9. The summed E-state index contributed by atoms with van der Waals surface area (Å²) in [5, 5.41) is 25.6. The van der Waals surface area contributed by atoms with Crippen LogP contribution in [0.4, 0.5) is 5.69 Å². The highest BCUT2D eigenvalue weighted by Gasteiger charge is 2.23. The second-order valence-electron chi connectivity index (χ2n) is 5.92. The molecule has 1 heterocycles. The normalized spacial score (nSPS) is 16.0. The molecule has 0 aliphatic heterocycles. The van der Waals surface area contributed by atoms with Gasteiger partial charge in [-0.3, -0.25) is 0 Å². The highest BCUT2D eigenvalue weighted by atomic mass is 16.5. The molecule has 3 aromatic rings. The third-order valence-electron chi connectivity index (χ3n) is 4.30. The molecular formula is C19H16N6O. The van der Waals surface area contributed by atoms with Crippen LogP contribution in [0.25, 0.3) is 5.57 Å². The van der Waals surface area contributed by atoms with Crippen molar-refractivity contribution >= 4 is 11.3 Å². The number of aromatic amines is 1. The first-order valence-corrected chi connectivity index (χ1v) is 8.28. The van der Waals surface area contributed by atoms with Crippen LogP contribution in [0.1, 0.15) is 29.5 Å². The second kappa shape index (κ2) is 7.07. The SMILES string of the molecule is N#CC(=CNc1ccc(OC2CCc3ccccc32)cc1)c1nn[nH]n1. The molecule has 2 aromatic carbocycles. The number of hydrogen-bond donors (Lipinski definition) is 2. The summed E-state index contributed by atoms with van der Waals surface area (Å²) in [6.45, 7) is 0. The van der Waals surface area contributed by atoms with E-state index in [1.54, 1.807) is 6.20 Å². The van der Waals surface area contributed by atoms with Crippen LogP contribution < -0.4 is 10.1 Å². The maximum atomic E-state index is 9.16. The van der Waals surface area contributed by atoms with Crippen molar-refractivity contribution in [2.24, 2.45) is 0 Å². The molecule has 0 spiro atoms. The molecule has 1 aromatic heterocycles. The Bertz CT molecular complexity index is 956. The summed E-state index contributed by atoms with van der Waals surface area (Å²) < 4.78 is 6.13. The van der Waals surface area contributed by atoms with Crippen LogP contribution in [-0.4, -0.2) is 20.6 Å². The quantitative estimate of drug-likeness (QED) is 0.689. The molecule has 1 aliphatic rings. The second-order valence-corrected chi connectivity index (χ2v) is 5.92. The van der Waals surface area contributed by atoms with Crippen LogP contribution >= 0.6 is 0 Å². The van der Waals surface area contributed by atoms with E-state index in [1.165, 1.54) is 11.1 Å². The molecule has 1 atom stereocenters. The van der Waals surface area contributed by atoms with Gasteiger partial charge in [0.15, 0.2) is 0 Å². The third-order valence-corrected chi connectivity index (χ3v) is 4.30. The first-order chi connectivity index (χ1) is 12.8. The first kappa shape index (κ1) is 15.8. The predicted octanol–water partition coefficient (Wildman–Crippen LogP) is 3.24. The number of nitrogens with zero attached hydrogens (tertiary/aromatic N) is 4. The van der Waals surface area contributed by atoms with Crippen LogP contribution in [-0.2, 0) is 6.42 Å². The molecule has 1 unspecified atom stereocenters. The number of anilines is 1. The van der Waals surface area contributed by atoms with Crippen LogP contribution in [0, 0.1) is 11.3 Å². The molecule has 0 saturated heterocycles. The molecule has 0 amide bonds. The number of nitrogens with one attached hydrogen (secondary N) is 2. The average molecular weight is 344 g/mol. The number of benzene rings is 2. The Morgan fingerprint density at radius 3 is 2.85 bits per heavy atom. The van der Waals surface area contributed by atoms with Crippen molar-refractivity contribution in [3.05, 3.63) is 71.7 Å². The van der Waals surface area contributed by atoms with Gasteiger partial charge in [-0.2, -0.15) is 10.5 Å². The maximum Gasteiger partial charge on any atom is 0.216 e. The van der Waals surface area contributed by atoms with Gasteiger partial charge in [0.05, 0.1) is 0 Å². The van der Waals surface area contributed by atoms with Gasteiger partial charge >= 0.3 is 0 Å². The van der Waals surface area contributed by atoms with Crippen molar-refractivity contribution in [2.75, 3.05) is 5.32 Å². The molecule has 128 valence electrons. The molecule has 7 heteroatoms. The Balaban J connectivity index is 1.42. The summed E-state index contributed by atoms with van der Waals surface area (Å²) in [6.07, 6.45) is 3.71. The van der Waals surface area contributed by atoms with Crippen molar-refractivity contribution in [1.29, 1.82) is 5.26 Å². The molecule has 0 radical (unpaired) electrons. The number of fused-ring (bicyclic) bond motifs is 1. The number of allylic oxidation sites excluding steroid dienone is 1. The van der Waals surface area contributed by atoms with Crippen LogP contribution in [0.15, 0.2) is 54.7 Å². The fourth-order valence-electron chi connectivity index (χ4n) is 3.01. The predicted molar refractivity (Wildman–Crippen MR) is 96.0 cm³/mol. The minimum Gasteiger partial charge on any atom is -0.486 e. The van der Waals surface area contributed by atoms with Crippen LogP contribution in [0.5, 0.6) is 5.75 Å². The number of ether oxygens (including phenoxy) is 1. The summed E-state index contributed by atoms with van der Waals surface area (Å²) in [5.74, 6) is 1.07. The third kappa shape index (κ3) is 3.26. The smallest absolute Gasteiger partial charge is 0.216 e. The fourth-order valence-corrected chi connectivity index (χ4v) is 3.01. The zero-order chi connectivity index (χ0) is 17.8. The molecule has 4 rings (SSSR count). The summed E-state index contributed by atoms with van der Waals surface area (Å²) in [7, 11) is 0. The van der Waals surface area contributed by atoms with Gasteiger partial charge in [0.25, 0.3) is 0 Å². The van der Waals surface area contributed by atoms with E-state index < -0.39 is 0 Å². The van der Waals surface area contributed by atoms with Gasteiger partial charge in [0.1, 0.15) is 23.5 Å². The summed E-state index contributed by atoms with van der Waals surface area (Å²) >= 11 is 0. The monoisotopic (exact) mass is 344 g/mol. The highest BCUT2D eigenvalue weighted by Crippen LogP contribution is 2.34. The Hall–Kier alpha value is -3.66. The van der Waals surface area contributed by atoms with Gasteiger partial charge in [-0.1, -0.05) is 24.3 Å². The van der Waals surface area contributed by atoms with Crippen molar-refractivity contribution in [3.8, 4) is 11.8 Å². The summed E-state index contributed by atoms with van der Waals surface area (Å²) in [6, 6.07) is 18.1. The lowest BCUT2D eigenvalue weighted by atomic mass is 10.1. The van der Waals surface area contributed by atoms with E-state index in [9.17, 15) is 0 Å². The molecule has 2 N–H and O–H groups in total. The highest BCUT2D eigenvalue weighted by molar-refractivity contribution is 5.74. The van der Waals surface area contributed by atoms with E-state index in [2.05, 4.69) is 50.2 Å². The average Bonchev–Trinajstić information content (AvgIpc) is 3.34. The minimum atomic E-state index is 0.105. The Morgan fingerprint density at radius 2 is 2.08 bits per heavy atom. The van der Waals surface area contributed by atoms with Gasteiger partial charge in [-0.15, -0.1) is 10.2 Å². The molecule has 0 saturated carbocycles. The minimum absolute atomic E-state index is 0.105. The summed E-state index contributed by atoms with van der Waals surface area (Å²) in [4.78, 5) is 0. The van der Waals surface area contributed by atoms with E-state index in [4.69, 9.17) is 10.00 Å². The van der Waals surface area contributed by atoms with Crippen molar-refractivity contribution in [3.63, 3.8) is 0 Å². The fraction of sp³-hybridized carbons (Fsp3) is 0.158. The zero-order valence-electron chi connectivity index (χ0n) is 13.9. The number of nitriles is 1. The number of hydrogen-bond acceptors (Lipinski definition) is 6. The van der Waals surface area contributed by atoms with E-state index in [1.807, 2.05) is 30.3 Å². The lowest BCUT2D eigenvalue weighted by Gasteiger charge is -2.15. The van der Waals surface area contributed by atoms with Gasteiger partial charge in [-0.05, 0) is 53.4 Å².